The lowest BCUT2D eigenvalue weighted by atomic mass is 10.2. The molecule has 1 N–H and O–H groups in total. The zero-order chi connectivity index (χ0) is 13.0. The van der Waals surface area contributed by atoms with Gasteiger partial charge in [-0.15, -0.1) is 0 Å². The van der Waals surface area contributed by atoms with Crippen LogP contribution in [0.4, 0.5) is 14.5 Å². The van der Waals surface area contributed by atoms with E-state index in [1.807, 2.05) is 12.1 Å². The lowest BCUT2D eigenvalue weighted by Gasteiger charge is -2.09. The second kappa shape index (κ2) is 5.91. The van der Waals surface area contributed by atoms with Gasteiger partial charge in [0.2, 0.25) is 0 Å². The Kier molecular flexibility index (Phi) is 4.25. The molecule has 2 nitrogen and oxygen atoms in total. The fourth-order valence-corrected chi connectivity index (χ4v) is 2.14. The van der Waals surface area contributed by atoms with E-state index in [0.717, 1.165) is 18.1 Å². The molecule has 1 aromatic carbocycles. The minimum Gasteiger partial charge on any atom is -0.381 e. The van der Waals surface area contributed by atoms with E-state index in [0.29, 0.717) is 11.0 Å². The van der Waals surface area contributed by atoms with E-state index >= 15 is 0 Å². The number of hydrogen-bond donors (Lipinski definition) is 1. The summed E-state index contributed by atoms with van der Waals surface area (Å²) in [6.07, 6.45) is 4.18. The molecular weight excluding hydrogens is 302 g/mol. The van der Waals surface area contributed by atoms with Crippen molar-refractivity contribution in [2.75, 3.05) is 11.9 Å². The number of hydrogen-bond acceptors (Lipinski definition) is 2. The lowest BCUT2D eigenvalue weighted by Crippen LogP contribution is -2.07. The maximum atomic E-state index is 13.5. The zero-order valence-electron chi connectivity index (χ0n) is 9.46. The molecule has 0 saturated heterocycles. The highest BCUT2D eigenvalue weighted by Gasteiger charge is 2.08. The van der Waals surface area contributed by atoms with Gasteiger partial charge in [-0.2, -0.15) is 0 Å². The highest BCUT2D eigenvalue weighted by Crippen LogP contribution is 2.26. The number of aromatic nitrogens is 1. The van der Waals surface area contributed by atoms with Crippen LogP contribution in [-0.2, 0) is 6.42 Å². The average molecular weight is 313 g/mol. The number of benzene rings is 1. The summed E-state index contributed by atoms with van der Waals surface area (Å²) < 4.78 is 26.8. The van der Waals surface area contributed by atoms with Gasteiger partial charge < -0.3 is 5.32 Å². The van der Waals surface area contributed by atoms with Crippen LogP contribution in [0.2, 0.25) is 0 Å². The zero-order valence-corrected chi connectivity index (χ0v) is 11.0. The van der Waals surface area contributed by atoms with Crippen molar-refractivity contribution in [2.24, 2.45) is 0 Å². The Morgan fingerprint density at radius 3 is 2.78 bits per heavy atom. The van der Waals surface area contributed by atoms with E-state index in [-0.39, 0.29) is 5.69 Å². The Hall–Kier alpha value is -1.49. The van der Waals surface area contributed by atoms with Crippen LogP contribution in [-0.4, -0.2) is 11.5 Å². The summed E-state index contributed by atoms with van der Waals surface area (Å²) in [6.45, 7) is 0.548. The Labute approximate surface area is 112 Å². The van der Waals surface area contributed by atoms with Crippen LogP contribution in [0.1, 0.15) is 5.56 Å². The first-order valence-electron chi connectivity index (χ1n) is 5.44. The van der Waals surface area contributed by atoms with Crippen molar-refractivity contribution < 1.29 is 8.78 Å². The van der Waals surface area contributed by atoms with Gasteiger partial charge in [0.15, 0.2) is 0 Å². The van der Waals surface area contributed by atoms with Crippen molar-refractivity contribution in [1.82, 2.24) is 4.98 Å². The molecule has 18 heavy (non-hydrogen) atoms. The molecule has 0 aliphatic heterocycles. The maximum absolute atomic E-state index is 13.5. The third kappa shape index (κ3) is 3.26. The summed E-state index contributed by atoms with van der Waals surface area (Å²) >= 11 is 3.13. The summed E-state index contributed by atoms with van der Waals surface area (Å²) in [4.78, 5) is 4.00. The fourth-order valence-electron chi connectivity index (χ4n) is 1.59. The number of pyridine rings is 1. The van der Waals surface area contributed by atoms with Gasteiger partial charge >= 0.3 is 0 Å². The summed E-state index contributed by atoms with van der Waals surface area (Å²) in [6, 6.07) is 5.89. The molecular formula is C13H11BrF2N2. The number of anilines is 1. The molecule has 0 radical (unpaired) electrons. The first kappa shape index (κ1) is 13.0. The van der Waals surface area contributed by atoms with Crippen LogP contribution in [0.5, 0.6) is 0 Å². The largest absolute Gasteiger partial charge is 0.381 e. The predicted molar refractivity (Wildman–Crippen MR) is 70.5 cm³/mol. The molecule has 94 valence electrons. The molecule has 0 aliphatic rings. The Bertz CT molecular complexity index is 509. The minimum absolute atomic E-state index is 0.278. The van der Waals surface area contributed by atoms with Crippen molar-refractivity contribution in [3.63, 3.8) is 0 Å². The van der Waals surface area contributed by atoms with Crippen LogP contribution >= 0.6 is 15.9 Å². The average Bonchev–Trinajstić information content (AvgIpc) is 2.34. The van der Waals surface area contributed by atoms with Crippen LogP contribution in [0.3, 0.4) is 0 Å². The van der Waals surface area contributed by atoms with Gasteiger partial charge in [-0.25, -0.2) is 8.78 Å². The summed E-state index contributed by atoms with van der Waals surface area (Å²) in [5, 5.41) is 2.94. The fraction of sp³-hybridized carbons (Fsp3) is 0.154. The summed E-state index contributed by atoms with van der Waals surface area (Å²) in [7, 11) is 0. The van der Waals surface area contributed by atoms with Crippen LogP contribution in [0.25, 0.3) is 0 Å². The van der Waals surface area contributed by atoms with Crippen LogP contribution in [0, 0.1) is 11.6 Å². The molecule has 0 fully saturated rings. The van der Waals surface area contributed by atoms with E-state index in [2.05, 4.69) is 26.2 Å². The first-order chi connectivity index (χ1) is 8.66. The second-order valence-electron chi connectivity index (χ2n) is 3.78. The van der Waals surface area contributed by atoms with Crippen molar-refractivity contribution in [3.8, 4) is 0 Å². The van der Waals surface area contributed by atoms with E-state index in [9.17, 15) is 8.78 Å². The number of rotatable bonds is 4. The van der Waals surface area contributed by atoms with Gasteiger partial charge in [0.05, 0.1) is 5.69 Å². The number of halogens is 3. The first-order valence-corrected chi connectivity index (χ1v) is 6.23. The normalized spacial score (nSPS) is 10.4. The predicted octanol–water partition coefficient (Wildman–Crippen LogP) is 3.78. The molecule has 0 spiro atoms. The van der Waals surface area contributed by atoms with E-state index in [1.54, 1.807) is 12.4 Å². The topological polar surface area (TPSA) is 24.9 Å². The monoisotopic (exact) mass is 312 g/mol. The van der Waals surface area contributed by atoms with Crippen LogP contribution in [0.15, 0.2) is 41.1 Å². The summed E-state index contributed by atoms with van der Waals surface area (Å²) in [5.41, 5.74) is 1.34. The van der Waals surface area contributed by atoms with Gasteiger partial charge in [0.25, 0.3) is 0 Å². The standard InChI is InChI=1S/C13H11BrF2N2/c14-11-6-10(15)7-12(16)13(11)18-5-3-9-2-1-4-17-8-9/h1-2,4,6-8,18H,3,5H2. The molecule has 2 aromatic rings. The molecule has 0 aliphatic carbocycles. The highest BCUT2D eigenvalue weighted by molar-refractivity contribution is 9.10. The minimum atomic E-state index is -0.604. The molecule has 0 unspecified atom stereocenters. The molecule has 0 bridgehead atoms. The van der Waals surface area contributed by atoms with E-state index in [1.165, 1.54) is 6.07 Å². The van der Waals surface area contributed by atoms with Gasteiger partial charge in [0, 0.05) is 29.5 Å². The maximum Gasteiger partial charge on any atom is 0.150 e. The van der Waals surface area contributed by atoms with Gasteiger partial charge in [-0.1, -0.05) is 6.07 Å². The van der Waals surface area contributed by atoms with E-state index < -0.39 is 11.6 Å². The van der Waals surface area contributed by atoms with Crippen molar-refractivity contribution in [3.05, 3.63) is 58.3 Å². The third-order valence-corrected chi connectivity index (χ3v) is 3.07. The molecule has 0 atom stereocenters. The van der Waals surface area contributed by atoms with Gasteiger partial charge in [-0.3, -0.25) is 4.98 Å². The molecule has 1 heterocycles. The van der Waals surface area contributed by atoms with E-state index in [4.69, 9.17) is 0 Å². The van der Waals surface area contributed by atoms with Gasteiger partial charge in [-0.05, 0) is 40.0 Å². The van der Waals surface area contributed by atoms with Gasteiger partial charge in [0.1, 0.15) is 11.6 Å². The van der Waals surface area contributed by atoms with Crippen molar-refractivity contribution in [1.29, 1.82) is 0 Å². The van der Waals surface area contributed by atoms with Crippen molar-refractivity contribution >= 4 is 21.6 Å². The quantitative estimate of drug-likeness (QED) is 0.929. The molecule has 1 aromatic heterocycles. The highest BCUT2D eigenvalue weighted by atomic mass is 79.9. The smallest absolute Gasteiger partial charge is 0.150 e. The number of nitrogens with zero attached hydrogens (tertiary/aromatic N) is 1. The SMILES string of the molecule is Fc1cc(F)c(NCCc2cccnc2)c(Br)c1. The Morgan fingerprint density at radius 1 is 1.28 bits per heavy atom. The Morgan fingerprint density at radius 2 is 2.11 bits per heavy atom. The Balaban J connectivity index is 1.99. The summed E-state index contributed by atoms with van der Waals surface area (Å²) in [5.74, 6) is -1.20. The molecule has 5 heteroatoms. The van der Waals surface area contributed by atoms with Crippen molar-refractivity contribution in [2.45, 2.75) is 6.42 Å². The molecule has 0 amide bonds. The molecule has 2 rings (SSSR count). The van der Waals surface area contributed by atoms with Crippen LogP contribution < -0.4 is 5.32 Å². The third-order valence-electron chi connectivity index (χ3n) is 2.45. The second-order valence-corrected chi connectivity index (χ2v) is 4.64. The lowest BCUT2D eigenvalue weighted by molar-refractivity contribution is 0.583. The number of nitrogens with one attached hydrogen (secondary N) is 1. The molecule has 0 saturated carbocycles.